The fraction of sp³-hybridized carbons (Fsp3) is 0.821. The highest BCUT2D eigenvalue weighted by Gasteiger charge is 2.70. The lowest BCUT2D eigenvalue weighted by Gasteiger charge is -2.39. The summed E-state index contributed by atoms with van der Waals surface area (Å²) in [6, 6.07) is -4.35. The van der Waals surface area contributed by atoms with Gasteiger partial charge < -0.3 is 26.6 Å². The maximum absolute atomic E-state index is 14.0. The minimum absolute atomic E-state index is 0.0271. The number of piperidine rings is 1. The van der Waals surface area contributed by atoms with Crippen molar-refractivity contribution in [3.05, 3.63) is 0 Å². The zero-order chi connectivity index (χ0) is 30.4. The van der Waals surface area contributed by atoms with Crippen molar-refractivity contribution in [2.45, 2.75) is 117 Å². The molecule has 5 atom stereocenters. The normalized spacial score (nSPS) is 26.6. The van der Waals surface area contributed by atoms with Gasteiger partial charge in [-0.3, -0.25) is 19.2 Å². The fourth-order valence-electron chi connectivity index (χ4n) is 6.52. The van der Waals surface area contributed by atoms with Crippen LogP contribution in [0.15, 0.2) is 0 Å². The van der Waals surface area contributed by atoms with Gasteiger partial charge in [0.2, 0.25) is 23.5 Å². The van der Waals surface area contributed by atoms with Gasteiger partial charge in [-0.15, -0.1) is 0 Å². The van der Waals surface area contributed by atoms with E-state index in [1.165, 1.54) is 4.90 Å². The molecule has 40 heavy (non-hydrogen) atoms. The second kappa shape index (κ2) is 10.9. The molecule has 0 aromatic carbocycles. The summed E-state index contributed by atoms with van der Waals surface area (Å²) in [5.41, 5.74) is 3.66. The van der Waals surface area contributed by atoms with Crippen LogP contribution in [-0.2, 0) is 19.2 Å². The van der Waals surface area contributed by atoms with Crippen molar-refractivity contribution in [1.29, 1.82) is 0 Å². The number of urea groups is 1. The van der Waals surface area contributed by atoms with Crippen molar-refractivity contribution in [2.75, 3.05) is 6.54 Å². The summed E-state index contributed by atoms with van der Waals surface area (Å²) < 4.78 is 27.6. The van der Waals surface area contributed by atoms with Crippen LogP contribution in [0.5, 0.6) is 0 Å². The molecule has 1 aliphatic heterocycles. The van der Waals surface area contributed by atoms with Gasteiger partial charge in [-0.05, 0) is 49.4 Å². The minimum Gasteiger partial charge on any atom is -0.363 e. The summed E-state index contributed by atoms with van der Waals surface area (Å²) in [6.45, 7) is 12.1. The fourth-order valence-corrected chi connectivity index (χ4v) is 6.52. The molecule has 0 aromatic heterocycles. The maximum Gasteiger partial charge on any atom is 0.315 e. The number of hydrogen-bond acceptors (Lipinski definition) is 5. The van der Waals surface area contributed by atoms with Crippen molar-refractivity contribution < 1.29 is 32.8 Å². The van der Waals surface area contributed by atoms with Gasteiger partial charge in [0.15, 0.2) is 0 Å². The highest BCUT2D eigenvalue weighted by Crippen LogP contribution is 2.65. The molecule has 12 heteroatoms. The van der Waals surface area contributed by atoms with Gasteiger partial charge in [-0.25, -0.2) is 13.6 Å². The van der Waals surface area contributed by atoms with Crippen LogP contribution < -0.4 is 21.7 Å². The van der Waals surface area contributed by atoms with Crippen LogP contribution in [0.25, 0.3) is 0 Å². The highest BCUT2D eigenvalue weighted by atomic mass is 19.3. The van der Waals surface area contributed by atoms with Crippen molar-refractivity contribution in [1.82, 2.24) is 20.9 Å². The number of alkyl halides is 2. The molecule has 3 rings (SSSR count). The van der Waals surface area contributed by atoms with Gasteiger partial charge >= 0.3 is 6.03 Å². The van der Waals surface area contributed by atoms with E-state index in [0.717, 1.165) is 32.1 Å². The number of halogens is 2. The lowest BCUT2D eigenvalue weighted by Crippen LogP contribution is -2.62. The van der Waals surface area contributed by atoms with Crippen LogP contribution in [0.2, 0.25) is 0 Å². The zero-order valence-corrected chi connectivity index (χ0v) is 24.7. The number of nitrogens with one attached hydrogen (secondary N) is 3. The van der Waals surface area contributed by atoms with E-state index < -0.39 is 65.4 Å². The van der Waals surface area contributed by atoms with Crippen molar-refractivity contribution in [3.8, 4) is 0 Å². The largest absolute Gasteiger partial charge is 0.363 e. The first-order valence-corrected chi connectivity index (χ1v) is 14.1. The molecule has 2 aliphatic carbocycles. The molecule has 0 aromatic rings. The lowest BCUT2D eigenvalue weighted by molar-refractivity contribution is -0.145. The van der Waals surface area contributed by atoms with E-state index in [4.69, 9.17) is 5.73 Å². The minimum atomic E-state index is -3.36. The predicted molar refractivity (Wildman–Crippen MR) is 144 cm³/mol. The quantitative estimate of drug-likeness (QED) is 0.315. The van der Waals surface area contributed by atoms with E-state index >= 15 is 0 Å². The summed E-state index contributed by atoms with van der Waals surface area (Å²) in [4.78, 5) is 65.8. The second-order valence-corrected chi connectivity index (χ2v) is 14.0. The van der Waals surface area contributed by atoms with E-state index in [1.807, 2.05) is 20.8 Å². The molecule has 0 radical (unpaired) electrons. The molecule has 0 bridgehead atoms. The number of nitrogens with zero attached hydrogens (tertiary/aromatic N) is 1. The Balaban J connectivity index is 1.83. The third-order valence-corrected chi connectivity index (χ3v) is 8.96. The first-order chi connectivity index (χ1) is 18.2. The molecule has 5 N–H and O–H groups in total. The first-order valence-electron chi connectivity index (χ1n) is 14.1. The van der Waals surface area contributed by atoms with E-state index in [0.29, 0.717) is 6.92 Å². The van der Waals surface area contributed by atoms with E-state index in [9.17, 15) is 32.8 Å². The molecule has 226 valence electrons. The molecule has 1 heterocycles. The molecule has 3 aliphatic rings. The topological polar surface area (TPSA) is 151 Å². The second-order valence-electron chi connectivity index (χ2n) is 14.0. The van der Waals surface area contributed by atoms with Crippen molar-refractivity contribution >= 4 is 29.5 Å². The van der Waals surface area contributed by atoms with E-state index in [1.54, 1.807) is 20.8 Å². The van der Waals surface area contributed by atoms with Crippen LogP contribution in [0.4, 0.5) is 13.6 Å². The average Bonchev–Trinajstić information content (AvgIpc) is 3.13. The van der Waals surface area contributed by atoms with Crippen LogP contribution in [0, 0.1) is 22.7 Å². The summed E-state index contributed by atoms with van der Waals surface area (Å²) in [6.07, 6.45) is 3.69. The third-order valence-electron chi connectivity index (χ3n) is 8.96. The van der Waals surface area contributed by atoms with Crippen LogP contribution in [-0.4, -0.2) is 70.6 Å². The Morgan fingerprint density at radius 2 is 1.55 bits per heavy atom. The number of hydrogen-bond donors (Lipinski definition) is 4. The summed E-state index contributed by atoms with van der Waals surface area (Å²) in [5.74, 6) is -7.72. The SMILES string of the molecule is CC(F)(F)CC(NC(=O)[C@@H]1C2[C@H](CN1C(=O)[C@@H](NC(=O)NC1(C)CCCCC1)C(C)(C)C)C2(C)C)C(=O)C(N)=O. The molecular formula is C28H45F2N5O5. The Bertz CT molecular complexity index is 1040. The van der Waals surface area contributed by atoms with Gasteiger partial charge in [0.1, 0.15) is 18.1 Å². The van der Waals surface area contributed by atoms with Gasteiger partial charge in [0.05, 0.1) is 0 Å². The number of likely N-dealkylation sites (tertiary alicyclic amines) is 1. The molecular weight excluding hydrogens is 524 g/mol. The van der Waals surface area contributed by atoms with E-state index in [2.05, 4.69) is 16.0 Å². The standard InChI is InChI=1S/C28H45F2N5O5/c1-25(2,3)20(33-24(40)34-27(6)11-9-8-10-12-27)23(39)35-14-15-17(26(15,4)5)18(35)22(38)32-16(13-28(7,29)30)19(36)21(31)37/h15-18,20H,8-14H2,1-7H3,(H2,31,37)(H,32,38)(H2,33,34,40)/t15-,16?,17?,18-,20+/m0/s1. The Morgan fingerprint density at radius 1 is 0.975 bits per heavy atom. The number of nitrogens with two attached hydrogens (primary N) is 1. The lowest BCUT2D eigenvalue weighted by atomic mass is 9.83. The number of carbonyl (C=O) groups excluding carboxylic acids is 5. The Hall–Kier alpha value is -2.79. The van der Waals surface area contributed by atoms with Crippen molar-refractivity contribution in [2.24, 2.45) is 28.4 Å². The highest BCUT2D eigenvalue weighted by molar-refractivity contribution is 6.37. The monoisotopic (exact) mass is 569 g/mol. The number of amides is 5. The van der Waals surface area contributed by atoms with Gasteiger partial charge in [0.25, 0.3) is 5.91 Å². The average molecular weight is 570 g/mol. The Labute approximate surface area is 234 Å². The van der Waals surface area contributed by atoms with Gasteiger partial charge in [0, 0.05) is 18.5 Å². The van der Waals surface area contributed by atoms with Crippen molar-refractivity contribution in [3.63, 3.8) is 0 Å². The molecule has 10 nitrogen and oxygen atoms in total. The molecule has 2 unspecified atom stereocenters. The third kappa shape index (κ3) is 6.91. The Morgan fingerprint density at radius 3 is 2.05 bits per heavy atom. The summed E-state index contributed by atoms with van der Waals surface area (Å²) >= 11 is 0. The number of primary amides is 1. The number of fused-ring (bicyclic) bond motifs is 1. The van der Waals surface area contributed by atoms with Gasteiger partial charge in [-0.2, -0.15) is 0 Å². The summed E-state index contributed by atoms with van der Waals surface area (Å²) in [7, 11) is 0. The molecule has 1 saturated heterocycles. The molecule has 2 saturated carbocycles. The maximum atomic E-state index is 14.0. The predicted octanol–water partition coefficient (Wildman–Crippen LogP) is 2.49. The smallest absolute Gasteiger partial charge is 0.315 e. The summed E-state index contributed by atoms with van der Waals surface area (Å²) in [5, 5.41) is 8.15. The van der Waals surface area contributed by atoms with Gasteiger partial charge in [-0.1, -0.05) is 53.9 Å². The number of ketones is 1. The number of carbonyl (C=O) groups is 5. The Kier molecular flexibility index (Phi) is 8.64. The van der Waals surface area contributed by atoms with E-state index in [-0.39, 0.29) is 29.3 Å². The molecule has 3 fully saturated rings. The number of rotatable bonds is 9. The van der Waals surface area contributed by atoms with Crippen LogP contribution in [0.3, 0.4) is 0 Å². The van der Waals surface area contributed by atoms with Crippen LogP contribution in [0.1, 0.15) is 87.0 Å². The zero-order valence-electron chi connectivity index (χ0n) is 24.7. The molecule has 5 amide bonds. The molecule has 0 spiro atoms. The van der Waals surface area contributed by atoms with Crippen LogP contribution >= 0.6 is 0 Å². The first kappa shape index (κ1) is 31.7. The number of Topliss-reactive ketones (excluding diaryl/α,β-unsaturated/α-hetero) is 1.